The highest BCUT2D eigenvalue weighted by Gasteiger charge is 2.30. The van der Waals surface area contributed by atoms with Crippen LogP contribution in [0, 0.1) is 34.8 Å². The van der Waals surface area contributed by atoms with E-state index in [1.54, 1.807) is 0 Å². The Hall–Kier alpha value is -4.52. The molecule has 250 valence electrons. The molecule has 9 aromatic rings. The molecule has 0 nitrogen and oxygen atoms in total. The molecule has 0 aliphatic rings. The number of hydrogen-bond acceptors (Lipinski definition) is 0. The van der Waals surface area contributed by atoms with Crippen molar-refractivity contribution in [2.75, 3.05) is 0 Å². The topological polar surface area (TPSA) is 0 Å². The molecule has 0 heterocycles. The second kappa shape index (κ2) is 13.2. The van der Waals surface area contributed by atoms with Gasteiger partial charge in [-0.05, 0) is 160 Å². The van der Waals surface area contributed by atoms with Crippen LogP contribution in [-0.4, -0.2) is 0 Å². The number of halogens is 2. The zero-order valence-electron chi connectivity index (χ0n) is 29.6. The zero-order chi connectivity index (χ0) is 35.7. The van der Waals surface area contributed by atoms with E-state index < -0.39 is 0 Å². The summed E-state index contributed by atoms with van der Waals surface area (Å²) in [7, 11) is 0. The van der Waals surface area contributed by atoms with Gasteiger partial charge in [-0.25, -0.2) is 0 Å². The van der Waals surface area contributed by atoms with Gasteiger partial charge in [0.2, 0.25) is 0 Å². The van der Waals surface area contributed by atoms with Crippen molar-refractivity contribution in [3.05, 3.63) is 175 Å². The minimum atomic E-state index is 1.26. The van der Waals surface area contributed by atoms with Crippen LogP contribution in [0.15, 0.2) is 146 Å². The molecule has 0 fully saturated rings. The van der Waals surface area contributed by atoms with Crippen molar-refractivity contribution in [1.29, 1.82) is 0 Å². The maximum Gasteiger partial charge on any atom is 0.0301 e. The maximum absolute atomic E-state index is 2.74. The largest absolute Gasteiger partial charge is 0.0616 e. The van der Waals surface area contributed by atoms with Crippen LogP contribution in [0.3, 0.4) is 0 Å². The molecule has 0 N–H and O–H groups in total. The Balaban J connectivity index is 1.61. The quantitative estimate of drug-likeness (QED) is 0.154. The molecule has 0 saturated carbocycles. The summed E-state index contributed by atoms with van der Waals surface area (Å²) in [5.41, 5.74) is 15.6. The van der Waals surface area contributed by atoms with Crippen molar-refractivity contribution < 1.29 is 0 Å². The lowest BCUT2D eigenvalue weighted by Gasteiger charge is -2.28. The van der Waals surface area contributed by atoms with Crippen molar-refractivity contribution >= 4 is 88.3 Å². The molecule has 0 amide bonds. The third kappa shape index (κ3) is 5.21. The molecule has 0 radical (unpaired) electrons. The van der Waals surface area contributed by atoms with Crippen molar-refractivity contribution in [3.63, 3.8) is 0 Å². The molecular formula is C50H36I2. The van der Waals surface area contributed by atoms with Gasteiger partial charge in [-0.2, -0.15) is 0 Å². The minimum Gasteiger partial charge on any atom is -0.0616 e. The number of fused-ring (bicyclic) bond motifs is 4. The minimum absolute atomic E-state index is 1.26. The monoisotopic (exact) mass is 890 g/mol. The van der Waals surface area contributed by atoms with Crippen LogP contribution < -0.4 is 0 Å². The van der Waals surface area contributed by atoms with Gasteiger partial charge >= 0.3 is 0 Å². The summed E-state index contributed by atoms with van der Waals surface area (Å²) in [6.45, 7) is 9.15. The summed E-state index contributed by atoms with van der Waals surface area (Å²) in [5, 5.41) is 10.2. The van der Waals surface area contributed by atoms with Gasteiger partial charge < -0.3 is 0 Å². The third-order valence-electron chi connectivity index (χ3n) is 10.9. The van der Waals surface area contributed by atoms with Crippen LogP contribution >= 0.6 is 45.2 Å². The van der Waals surface area contributed by atoms with Crippen LogP contribution in [0.4, 0.5) is 0 Å². The summed E-state index contributed by atoms with van der Waals surface area (Å²) in [6.07, 6.45) is 0. The van der Waals surface area contributed by atoms with Crippen LogP contribution in [0.25, 0.3) is 87.6 Å². The Morgan fingerprint density at radius 3 is 0.692 bits per heavy atom. The molecule has 0 saturated heterocycles. The summed E-state index contributed by atoms with van der Waals surface area (Å²) in [4.78, 5) is 0. The van der Waals surface area contributed by atoms with Crippen LogP contribution in [0.2, 0.25) is 0 Å². The Kier molecular flexibility index (Phi) is 8.43. The van der Waals surface area contributed by atoms with E-state index in [4.69, 9.17) is 0 Å². The molecule has 0 spiro atoms. The molecule has 0 bridgehead atoms. The van der Waals surface area contributed by atoms with Crippen molar-refractivity contribution in [1.82, 2.24) is 0 Å². The smallest absolute Gasteiger partial charge is 0.0301 e. The Morgan fingerprint density at radius 2 is 0.462 bits per heavy atom. The predicted octanol–water partition coefficient (Wildman–Crippen LogP) is 15.4. The van der Waals surface area contributed by atoms with Crippen molar-refractivity contribution in [2.24, 2.45) is 0 Å². The van der Waals surface area contributed by atoms with Gasteiger partial charge in [-0.3, -0.25) is 0 Å². The number of rotatable bonds is 4. The Bertz CT molecular complexity index is 2520. The van der Waals surface area contributed by atoms with E-state index in [9.17, 15) is 0 Å². The fourth-order valence-electron chi connectivity index (χ4n) is 8.48. The highest BCUT2D eigenvalue weighted by Crippen LogP contribution is 2.55. The normalized spacial score (nSPS) is 11.7. The van der Waals surface area contributed by atoms with Gasteiger partial charge in [-0.1, -0.05) is 146 Å². The highest BCUT2D eigenvalue weighted by atomic mass is 127. The van der Waals surface area contributed by atoms with E-state index in [1.807, 2.05) is 0 Å². The molecule has 0 aliphatic carbocycles. The van der Waals surface area contributed by atoms with Crippen molar-refractivity contribution in [2.45, 2.75) is 27.7 Å². The molecule has 0 aromatic heterocycles. The highest BCUT2D eigenvalue weighted by molar-refractivity contribution is 14.1. The lowest BCUT2D eigenvalue weighted by atomic mass is 9.79. The Labute approximate surface area is 332 Å². The summed E-state index contributed by atoms with van der Waals surface area (Å²) < 4.78 is 2.56. The summed E-state index contributed by atoms with van der Waals surface area (Å²) in [5.74, 6) is 0. The van der Waals surface area contributed by atoms with E-state index in [2.05, 4.69) is 218 Å². The first-order valence-corrected chi connectivity index (χ1v) is 20.0. The number of aryl methyl sites for hydroxylation is 4. The lowest BCUT2D eigenvalue weighted by molar-refractivity contribution is 1.41. The third-order valence-corrected chi connectivity index (χ3v) is 13.1. The van der Waals surface area contributed by atoms with E-state index in [-0.39, 0.29) is 0 Å². The first-order valence-electron chi connectivity index (χ1n) is 17.8. The first kappa shape index (κ1) is 33.3. The maximum atomic E-state index is 2.74. The molecule has 0 aliphatic heterocycles. The number of hydrogen-bond donors (Lipinski definition) is 0. The predicted molar refractivity (Wildman–Crippen MR) is 243 cm³/mol. The number of benzene rings is 9. The fourth-order valence-corrected chi connectivity index (χ4v) is 10.6. The van der Waals surface area contributed by atoms with E-state index in [1.165, 1.54) is 117 Å². The second-order valence-electron chi connectivity index (χ2n) is 14.0. The summed E-state index contributed by atoms with van der Waals surface area (Å²) in [6, 6.07) is 54.0. The van der Waals surface area contributed by atoms with Gasteiger partial charge in [-0.15, -0.1) is 0 Å². The molecule has 0 atom stereocenters. The van der Waals surface area contributed by atoms with Crippen LogP contribution in [0.5, 0.6) is 0 Å². The molecule has 52 heavy (non-hydrogen) atoms. The second-order valence-corrected chi connectivity index (χ2v) is 16.2. The van der Waals surface area contributed by atoms with Gasteiger partial charge in [0.15, 0.2) is 0 Å². The average molecular weight is 891 g/mol. The van der Waals surface area contributed by atoms with Gasteiger partial charge in [0.25, 0.3) is 0 Å². The standard InChI is InChI=1S/C50H36I2/c1-29-21-25-33-13-5-9-17-37(33)41(29)45-46(42-30(2)22-26-34-14-6-10-18-38(34)42)50(52)48(44-32(4)24-28-36-16-8-12-20-40(36)44)47(49(45)51)43-31(3)23-27-35-15-7-11-19-39(35)43/h5-28H,1-4H3. The molecule has 9 rings (SSSR count). The van der Waals surface area contributed by atoms with E-state index >= 15 is 0 Å². The molecule has 0 unspecified atom stereocenters. The van der Waals surface area contributed by atoms with E-state index in [0.29, 0.717) is 0 Å². The lowest BCUT2D eigenvalue weighted by Crippen LogP contribution is -2.05. The molecular weight excluding hydrogens is 854 g/mol. The molecule has 2 heteroatoms. The summed E-state index contributed by atoms with van der Waals surface area (Å²) >= 11 is 5.47. The van der Waals surface area contributed by atoms with Gasteiger partial charge in [0.1, 0.15) is 0 Å². The van der Waals surface area contributed by atoms with Gasteiger partial charge in [0.05, 0.1) is 0 Å². The van der Waals surface area contributed by atoms with Crippen LogP contribution in [-0.2, 0) is 0 Å². The Morgan fingerprint density at radius 1 is 0.250 bits per heavy atom. The average Bonchev–Trinajstić information content (AvgIpc) is 3.17. The van der Waals surface area contributed by atoms with Crippen LogP contribution in [0.1, 0.15) is 22.3 Å². The molecule has 9 aromatic carbocycles. The van der Waals surface area contributed by atoms with Gasteiger partial charge in [0, 0.05) is 29.4 Å². The van der Waals surface area contributed by atoms with E-state index in [0.717, 1.165) is 0 Å². The zero-order valence-corrected chi connectivity index (χ0v) is 33.9. The fraction of sp³-hybridized carbons (Fsp3) is 0.0800. The first-order chi connectivity index (χ1) is 25.3. The van der Waals surface area contributed by atoms with Crippen molar-refractivity contribution in [3.8, 4) is 44.5 Å². The SMILES string of the molecule is Cc1ccc2ccccc2c1-c1c(I)c(-c2c(C)ccc3ccccc23)c(-c2c(C)ccc3ccccc23)c(I)c1-c1c(C)ccc2ccccc12.